The topological polar surface area (TPSA) is 86.2 Å². The van der Waals surface area contributed by atoms with Crippen LogP contribution in [-0.4, -0.2) is 31.8 Å². The molecular formula is C23H19ClN2O5. The Bertz CT molecular complexity index is 1070. The Kier molecular flexibility index (Phi) is 7.61. The number of hydrogen-bond acceptors (Lipinski definition) is 6. The fraction of sp³-hybridized carbons (Fsp3) is 0.0870. The van der Waals surface area contributed by atoms with Crippen LogP contribution in [0.1, 0.15) is 15.9 Å². The lowest BCUT2D eigenvalue weighted by molar-refractivity contribution is -0.123. The number of carbonyl (C=O) groups excluding carboxylic acids is 2. The van der Waals surface area contributed by atoms with Gasteiger partial charge in [-0.15, -0.1) is 0 Å². The van der Waals surface area contributed by atoms with Gasteiger partial charge in [0.1, 0.15) is 17.2 Å². The highest BCUT2D eigenvalue weighted by Crippen LogP contribution is 2.22. The predicted molar refractivity (Wildman–Crippen MR) is 117 cm³/mol. The Hall–Kier alpha value is -3.84. The average molecular weight is 439 g/mol. The van der Waals surface area contributed by atoms with Gasteiger partial charge in [-0.3, -0.25) is 4.79 Å². The molecule has 31 heavy (non-hydrogen) atoms. The van der Waals surface area contributed by atoms with E-state index in [0.717, 1.165) is 0 Å². The molecule has 0 bridgehead atoms. The average Bonchev–Trinajstić information content (AvgIpc) is 2.79. The van der Waals surface area contributed by atoms with E-state index in [2.05, 4.69) is 10.5 Å². The molecule has 158 valence electrons. The van der Waals surface area contributed by atoms with E-state index < -0.39 is 11.9 Å². The molecule has 0 spiro atoms. The molecule has 3 aromatic rings. The van der Waals surface area contributed by atoms with Gasteiger partial charge in [-0.1, -0.05) is 23.7 Å². The summed E-state index contributed by atoms with van der Waals surface area (Å²) in [5.41, 5.74) is 3.48. The maximum atomic E-state index is 12.2. The largest absolute Gasteiger partial charge is 0.497 e. The van der Waals surface area contributed by atoms with E-state index >= 15 is 0 Å². The predicted octanol–water partition coefficient (Wildman–Crippen LogP) is 4.10. The van der Waals surface area contributed by atoms with Gasteiger partial charge in [0.25, 0.3) is 5.91 Å². The first kappa shape index (κ1) is 21.9. The van der Waals surface area contributed by atoms with Crippen LogP contribution in [0.4, 0.5) is 0 Å². The number of rotatable bonds is 8. The van der Waals surface area contributed by atoms with Gasteiger partial charge in [-0.25, -0.2) is 10.2 Å². The van der Waals surface area contributed by atoms with Gasteiger partial charge in [-0.05, 0) is 66.2 Å². The fourth-order valence-electron chi connectivity index (χ4n) is 2.43. The summed E-state index contributed by atoms with van der Waals surface area (Å²) in [6.45, 7) is -0.221. The molecule has 0 unspecified atom stereocenters. The third kappa shape index (κ3) is 6.58. The molecule has 0 radical (unpaired) electrons. The second kappa shape index (κ2) is 10.8. The van der Waals surface area contributed by atoms with Crippen molar-refractivity contribution in [1.29, 1.82) is 0 Å². The maximum Gasteiger partial charge on any atom is 0.343 e. The van der Waals surface area contributed by atoms with E-state index in [-0.39, 0.29) is 6.61 Å². The molecule has 8 heteroatoms. The number of nitrogens with zero attached hydrogens (tertiary/aromatic N) is 1. The maximum absolute atomic E-state index is 12.2. The van der Waals surface area contributed by atoms with Gasteiger partial charge >= 0.3 is 5.97 Å². The molecule has 0 atom stereocenters. The second-order valence-electron chi connectivity index (χ2n) is 6.20. The fourth-order valence-corrected chi connectivity index (χ4v) is 2.62. The van der Waals surface area contributed by atoms with Gasteiger partial charge in [0, 0.05) is 0 Å². The highest BCUT2D eigenvalue weighted by Gasteiger charge is 2.09. The molecular weight excluding hydrogens is 420 g/mol. The van der Waals surface area contributed by atoms with Gasteiger partial charge < -0.3 is 14.2 Å². The smallest absolute Gasteiger partial charge is 0.343 e. The molecule has 1 N–H and O–H groups in total. The summed E-state index contributed by atoms with van der Waals surface area (Å²) in [4.78, 5) is 24.0. The molecule has 0 aliphatic rings. The summed E-state index contributed by atoms with van der Waals surface area (Å²) in [6, 6.07) is 20.1. The molecule has 0 saturated carbocycles. The molecule has 0 aliphatic carbocycles. The minimum atomic E-state index is -0.477. The zero-order valence-electron chi connectivity index (χ0n) is 16.6. The number of methoxy groups -OCH3 is 1. The van der Waals surface area contributed by atoms with Gasteiger partial charge in [0.05, 0.1) is 23.9 Å². The van der Waals surface area contributed by atoms with Gasteiger partial charge in [0.2, 0.25) is 0 Å². The van der Waals surface area contributed by atoms with Crippen molar-refractivity contribution in [2.45, 2.75) is 0 Å². The number of hydrogen-bond donors (Lipinski definition) is 1. The molecule has 0 aliphatic heterocycles. The summed E-state index contributed by atoms with van der Waals surface area (Å²) in [7, 11) is 1.55. The highest BCUT2D eigenvalue weighted by atomic mass is 35.5. The number of halogens is 1. The first-order valence-corrected chi connectivity index (χ1v) is 9.58. The number of benzene rings is 3. The molecule has 0 aromatic heterocycles. The zero-order valence-corrected chi connectivity index (χ0v) is 17.3. The van der Waals surface area contributed by atoms with Crippen LogP contribution >= 0.6 is 11.6 Å². The third-order valence-corrected chi connectivity index (χ3v) is 4.33. The van der Waals surface area contributed by atoms with Crippen LogP contribution in [0.2, 0.25) is 5.02 Å². The Balaban J connectivity index is 1.47. The summed E-state index contributed by atoms with van der Waals surface area (Å²) in [5.74, 6) is 0.553. The molecule has 3 aromatic carbocycles. The van der Waals surface area contributed by atoms with Crippen molar-refractivity contribution in [3.63, 3.8) is 0 Å². The third-order valence-electron chi connectivity index (χ3n) is 4.01. The standard InChI is InChI=1S/C23H19ClN2O5/c1-29-18-12-8-17(9-13-18)23(28)31-19-10-6-16(7-11-19)14-25-26-22(27)15-30-21-5-3-2-4-20(21)24/h2-14H,15H2,1H3,(H,26,27). The SMILES string of the molecule is COc1ccc(C(=O)Oc2ccc(C=NNC(=O)COc3ccccc3Cl)cc2)cc1. The number of amides is 1. The minimum absolute atomic E-state index is 0.221. The highest BCUT2D eigenvalue weighted by molar-refractivity contribution is 6.32. The van der Waals surface area contributed by atoms with E-state index in [9.17, 15) is 9.59 Å². The second-order valence-corrected chi connectivity index (χ2v) is 6.61. The lowest BCUT2D eigenvalue weighted by Crippen LogP contribution is -2.24. The summed E-state index contributed by atoms with van der Waals surface area (Å²) >= 11 is 5.96. The lowest BCUT2D eigenvalue weighted by Gasteiger charge is -2.06. The van der Waals surface area contributed by atoms with Crippen LogP contribution in [-0.2, 0) is 4.79 Å². The van der Waals surface area contributed by atoms with Crippen molar-refractivity contribution in [3.8, 4) is 17.2 Å². The van der Waals surface area contributed by atoms with Crippen molar-refractivity contribution in [2.24, 2.45) is 5.10 Å². The lowest BCUT2D eigenvalue weighted by atomic mass is 10.2. The summed E-state index contributed by atoms with van der Waals surface area (Å²) < 4.78 is 15.7. The molecule has 0 saturated heterocycles. The summed E-state index contributed by atoms with van der Waals surface area (Å²) in [6.07, 6.45) is 1.46. The van der Waals surface area contributed by atoms with E-state index in [4.69, 9.17) is 25.8 Å². The van der Waals surface area contributed by atoms with Gasteiger partial charge in [-0.2, -0.15) is 5.10 Å². The van der Waals surface area contributed by atoms with Crippen molar-refractivity contribution in [3.05, 3.63) is 88.9 Å². The van der Waals surface area contributed by atoms with Crippen LogP contribution in [0.25, 0.3) is 0 Å². The summed E-state index contributed by atoms with van der Waals surface area (Å²) in [5, 5.41) is 4.30. The van der Waals surface area contributed by atoms with Crippen molar-refractivity contribution < 1.29 is 23.8 Å². The first-order valence-electron chi connectivity index (χ1n) is 9.20. The van der Waals surface area contributed by atoms with Crippen molar-refractivity contribution in [2.75, 3.05) is 13.7 Å². The van der Waals surface area contributed by atoms with Gasteiger partial charge in [0.15, 0.2) is 6.61 Å². The van der Waals surface area contributed by atoms with Crippen LogP contribution in [0.15, 0.2) is 77.9 Å². The van der Waals surface area contributed by atoms with E-state index in [1.54, 1.807) is 79.9 Å². The molecule has 7 nitrogen and oxygen atoms in total. The quantitative estimate of drug-likeness (QED) is 0.248. The van der Waals surface area contributed by atoms with E-state index in [0.29, 0.717) is 33.4 Å². The number of nitrogens with one attached hydrogen (secondary N) is 1. The van der Waals surface area contributed by atoms with Crippen LogP contribution < -0.4 is 19.6 Å². The van der Waals surface area contributed by atoms with Crippen LogP contribution in [0.5, 0.6) is 17.2 Å². The normalized spacial score (nSPS) is 10.5. The monoisotopic (exact) mass is 438 g/mol. The Morgan fingerprint density at radius 1 is 0.968 bits per heavy atom. The Morgan fingerprint density at radius 3 is 2.32 bits per heavy atom. The van der Waals surface area contributed by atoms with Crippen LogP contribution in [0, 0.1) is 0 Å². The minimum Gasteiger partial charge on any atom is -0.497 e. The molecule has 3 rings (SSSR count). The van der Waals surface area contributed by atoms with Crippen LogP contribution in [0.3, 0.4) is 0 Å². The number of carbonyl (C=O) groups is 2. The van der Waals surface area contributed by atoms with Crippen molar-refractivity contribution in [1.82, 2.24) is 5.43 Å². The Labute approximate surface area is 184 Å². The van der Waals surface area contributed by atoms with E-state index in [1.165, 1.54) is 6.21 Å². The number of esters is 1. The van der Waals surface area contributed by atoms with E-state index in [1.807, 2.05) is 0 Å². The first-order chi connectivity index (χ1) is 15.0. The number of hydrazone groups is 1. The number of ether oxygens (including phenoxy) is 3. The molecule has 0 heterocycles. The Morgan fingerprint density at radius 2 is 1.65 bits per heavy atom. The molecule has 0 fully saturated rings. The van der Waals surface area contributed by atoms with Crippen molar-refractivity contribution >= 4 is 29.7 Å². The number of para-hydroxylation sites is 1. The zero-order chi connectivity index (χ0) is 22.1. The molecule has 1 amide bonds.